The lowest BCUT2D eigenvalue weighted by molar-refractivity contribution is -0.138. The molecule has 0 spiro atoms. The quantitative estimate of drug-likeness (QED) is 0.906. The van der Waals surface area contributed by atoms with E-state index in [1.807, 2.05) is 24.3 Å². The Labute approximate surface area is 118 Å². The van der Waals surface area contributed by atoms with Gasteiger partial charge in [-0.05, 0) is 12.5 Å². The number of nitrogens with one attached hydrogen (secondary N) is 1. The van der Waals surface area contributed by atoms with Crippen molar-refractivity contribution < 1.29 is 13.2 Å². The van der Waals surface area contributed by atoms with Crippen molar-refractivity contribution in [2.75, 3.05) is 5.32 Å². The minimum absolute atomic E-state index is 0.257. The molecule has 1 heterocycles. The van der Waals surface area contributed by atoms with Crippen LogP contribution >= 0.6 is 11.3 Å². The Hall–Kier alpha value is -1.60. The summed E-state index contributed by atoms with van der Waals surface area (Å²) >= 11 is 1.15. The van der Waals surface area contributed by atoms with E-state index in [9.17, 15) is 13.2 Å². The number of nitrogens with zero attached hydrogens (tertiary/aromatic N) is 1. The molecule has 1 unspecified atom stereocenters. The third-order valence-corrected chi connectivity index (χ3v) is 3.59. The molecule has 108 valence electrons. The summed E-state index contributed by atoms with van der Waals surface area (Å²) in [5.74, 6) is 0. The molecule has 3 nitrogen and oxygen atoms in total. The van der Waals surface area contributed by atoms with Crippen molar-refractivity contribution in [3.8, 4) is 11.3 Å². The number of aromatic nitrogens is 1. The molecule has 0 fully saturated rings. The lowest BCUT2D eigenvalue weighted by atomic mass is 10.1. The predicted octanol–water partition coefficient (Wildman–Crippen LogP) is 3.63. The van der Waals surface area contributed by atoms with Crippen LogP contribution in [0.15, 0.2) is 29.6 Å². The number of nitrogens with two attached hydrogens (primary N) is 1. The molecule has 0 aliphatic carbocycles. The molecule has 0 amide bonds. The Bertz CT molecular complexity index is 563. The van der Waals surface area contributed by atoms with Crippen LogP contribution in [-0.4, -0.2) is 17.2 Å². The molecule has 3 N–H and O–H groups in total. The third-order valence-electron chi connectivity index (χ3n) is 2.82. The maximum atomic E-state index is 12.5. The fourth-order valence-electron chi connectivity index (χ4n) is 1.55. The zero-order valence-corrected chi connectivity index (χ0v) is 11.6. The van der Waals surface area contributed by atoms with Crippen LogP contribution in [0.25, 0.3) is 11.3 Å². The normalized spacial score (nSPS) is 13.2. The Morgan fingerprint density at radius 2 is 1.95 bits per heavy atom. The van der Waals surface area contributed by atoms with E-state index in [0.29, 0.717) is 12.2 Å². The summed E-state index contributed by atoms with van der Waals surface area (Å²) in [7, 11) is 0. The van der Waals surface area contributed by atoms with Crippen molar-refractivity contribution in [1.82, 2.24) is 4.98 Å². The first kappa shape index (κ1) is 14.8. The van der Waals surface area contributed by atoms with E-state index in [4.69, 9.17) is 5.73 Å². The number of rotatable bonds is 4. The highest BCUT2D eigenvalue weighted by molar-refractivity contribution is 7.14. The molecular weight excluding hydrogens is 287 g/mol. The van der Waals surface area contributed by atoms with Crippen molar-refractivity contribution in [3.05, 3.63) is 35.2 Å². The van der Waals surface area contributed by atoms with E-state index in [0.717, 1.165) is 29.4 Å². The summed E-state index contributed by atoms with van der Waals surface area (Å²) in [6.07, 6.45) is -4.28. The predicted molar refractivity (Wildman–Crippen MR) is 74.6 cm³/mol. The second kappa shape index (κ2) is 5.80. The van der Waals surface area contributed by atoms with Crippen LogP contribution in [0, 0.1) is 0 Å². The number of thiazole rings is 1. The molecule has 0 radical (unpaired) electrons. The number of benzene rings is 1. The van der Waals surface area contributed by atoms with Gasteiger partial charge in [0, 0.05) is 17.5 Å². The molecule has 0 aliphatic heterocycles. The maximum Gasteiger partial charge on any atom is 0.408 e. The van der Waals surface area contributed by atoms with Crippen molar-refractivity contribution in [1.29, 1.82) is 0 Å². The van der Waals surface area contributed by atoms with Gasteiger partial charge in [-0.25, -0.2) is 4.98 Å². The van der Waals surface area contributed by atoms with Crippen LogP contribution in [0.4, 0.5) is 18.3 Å². The molecule has 2 aromatic rings. The highest BCUT2D eigenvalue weighted by atomic mass is 32.1. The molecule has 20 heavy (non-hydrogen) atoms. The van der Waals surface area contributed by atoms with Gasteiger partial charge in [0.05, 0.1) is 5.69 Å². The Balaban J connectivity index is 2.12. The first-order valence-electron chi connectivity index (χ1n) is 5.98. The van der Waals surface area contributed by atoms with E-state index in [2.05, 4.69) is 10.3 Å². The average molecular weight is 301 g/mol. The molecule has 0 aliphatic rings. The Morgan fingerprint density at radius 1 is 1.30 bits per heavy atom. The molecule has 0 saturated heterocycles. The van der Waals surface area contributed by atoms with Gasteiger partial charge in [0.2, 0.25) is 0 Å². The molecule has 0 bridgehead atoms. The number of anilines is 1. The second-order valence-corrected chi connectivity index (χ2v) is 5.20. The topological polar surface area (TPSA) is 50.9 Å². The number of hydrogen-bond acceptors (Lipinski definition) is 4. The van der Waals surface area contributed by atoms with Crippen LogP contribution in [0.5, 0.6) is 0 Å². The molecular formula is C13H14F3N3S. The van der Waals surface area contributed by atoms with Gasteiger partial charge in [0.1, 0.15) is 6.04 Å². The van der Waals surface area contributed by atoms with Gasteiger partial charge in [-0.2, -0.15) is 13.2 Å². The average Bonchev–Trinajstić information content (AvgIpc) is 2.86. The van der Waals surface area contributed by atoms with E-state index in [1.54, 1.807) is 5.38 Å². The van der Waals surface area contributed by atoms with Crippen LogP contribution in [0.3, 0.4) is 0 Å². The molecule has 7 heteroatoms. The zero-order chi connectivity index (χ0) is 14.8. The number of halogens is 3. The lowest BCUT2D eigenvalue weighted by Crippen LogP contribution is -2.32. The summed E-state index contributed by atoms with van der Waals surface area (Å²) in [4.78, 5) is 4.17. The van der Waals surface area contributed by atoms with Crippen molar-refractivity contribution in [3.63, 3.8) is 0 Å². The van der Waals surface area contributed by atoms with Crippen LogP contribution in [-0.2, 0) is 6.54 Å². The minimum atomic E-state index is -4.28. The minimum Gasteiger partial charge on any atom is -0.350 e. The smallest absolute Gasteiger partial charge is 0.350 e. The first-order chi connectivity index (χ1) is 9.40. The second-order valence-electron chi connectivity index (χ2n) is 4.35. The van der Waals surface area contributed by atoms with Crippen molar-refractivity contribution in [2.24, 2.45) is 5.73 Å². The molecule has 2 rings (SSSR count). The van der Waals surface area contributed by atoms with Crippen LogP contribution in [0.2, 0.25) is 0 Å². The lowest BCUT2D eigenvalue weighted by Gasteiger charge is -2.16. The van der Waals surface area contributed by atoms with Gasteiger partial charge in [-0.1, -0.05) is 24.3 Å². The molecule has 1 atom stereocenters. The standard InChI is InChI=1S/C13H14F3N3S/c1-8(13(14,15)16)18-12-19-11(7-20-12)10-4-2-9(6-17)3-5-10/h2-5,7-8H,6,17H2,1H3,(H,18,19). The fourth-order valence-corrected chi connectivity index (χ4v) is 2.36. The summed E-state index contributed by atoms with van der Waals surface area (Å²) in [6.45, 7) is 1.52. The van der Waals surface area contributed by atoms with Gasteiger partial charge in [-0.15, -0.1) is 11.3 Å². The van der Waals surface area contributed by atoms with Crippen molar-refractivity contribution in [2.45, 2.75) is 25.7 Å². The van der Waals surface area contributed by atoms with Crippen LogP contribution < -0.4 is 11.1 Å². The van der Waals surface area contributed by atoms with Crippen molar-refractivity contribution >= 4 is 16.5 Å². The summed E-state index contributed by atoms with van der Waals surface area (Å²) in [6, 6.07) is 5.84. The fraction of sp³-hybridized carbons (Fsp3) is 0.308. The SMILES string of the molecule is CC(Nc1nc(-c2ccc(CN)cc2)cs1)C(F)(F)F. The summed E-state index contributed by atoms with van der Waals surface area (Å²) < 4.78 is 37.4. The number of alkyl halides is 3. The zero-order valence-electron chi connectivity index (χ0n) is 10.7. The first-order valence-corrected chi connectivity index (χ1v) is 6.86. The van der Waals surface area contributed by atoms with E-state index < -0.39 is 12.2 Å². The van der Waals surface area contributed by atoms with E-state index in [-0.39, 0.29) is 5.13 Å². The third kappa shape index (κ3) is 3.49. The van der Waals surface area contributed by atoms with Gasteiger partial charge < -0.3 is 11.1 Å². The maximum absolute atomic E-state index is 12.5. The van der Waals surface area contributed by atoms with Crippen LogP contribution in [0.1, 0.15) is 12.5 Å². The van der Waals surface area contributed by atoms with Gasteiger partial charge >= 0.3 is 6.18 Å². The van der Waals surface area contributed by atoms with Gasteiger partial charge in [0.25, 0.3) is 0 Å². The largest absolute Gasteiger partial charge is 0.408 e. The summed E-state index contributed by atoms with van der Waals surface area (Å²) in [5, 5.41) is 4.34. The number of hydrogen-bond donors (Lipinski definition) is 2. The van der Waals surface area contributed by atoms with E-state index in [1.165, 1.54) is 0 Å². The van der Waals surface area contributed by atoms with Gasteiger partial charge in [0.15, 0.2) is 5.13 Å². The monoisotopic (exact) mass is 301 g/mol. The molecule has 1 aromatic heterocycles. The highest BCUT2D eigenvalue weighted by Gasteiger charge is 2.36. The summed E-state index contributed by atoms with van der Waals surface area (Å²) in [5.41, 5.74) is 8.00. The van der Waals surface area contributed by atoms with E-state index >= 15 is 0 Å². The van der Waals surface area contributed by atoms with Gasteiger partial charge in [-0.3, -0.25) is 0 Å². The Kier molecular flexibility index (Phi) is 4.29. The molecule has 0 saturated carbocycles. The Morgan fingerprint density at radius 3 is 2.50 bits per heavy atom. The molecule has 1 aromatic carbocycles. The highest BCUT2D eigenvalue weighted by Crippen LogP contribution is 2.28.